The lowest BCUT2D eigenvalue weighted by Gasteiger charge is -2.21. The van der Waals surface area contributed by atoms with E-state index in [1.807, 2.05) is 30.3 Å². The lowest BCUT2D eigenvalue weighted by molar-refractivity contribution is -0.137. The molecule has 0 radical (unpaired) electrons. The standard InChI is InChI=1S/C9H14N2O2/c1-11(7-4-9(12)13)8-2-5-10-6-3-8/h2-3,5,10H,4,6-7H2,1H3,(H,12,13). The number of aliphatic carboxylic acids is 1. The molecule has 4 nitrogen and oxygen atoms in total. The molecule has 1 rings (SSSR count). The molecule has 1 heterocycles. The minimum atomic E-state index is -0.759. The summed E-state index contributed by atoms with van der Waals surface area (Å²) in [4.78, 5) is 12.2. The summed E-state index contributed by atoms with van der Waals surface area (Å²) < 4.78 is 0. The maximum Gasteiger partial charge on any atom is 0.305 e. The lowest BCUT2D eigenvalue weighted by atomic mass is 10.3. The number of likely N-dealkylation sites (N-methyl/N-ethyl adjacent to an activating group) is 1. The van der Waals surface area contributed by atoms with E-state index in [9.17, 15) is 4.79 Å². The van der Waals surface area contributed by atoms with E-state index in [0.29, 0.717) is 6.54 Å². The van der Waals surface area contributed by atoms with Gasteiger partial charge in [0, 0.05) is 25.8 Å². The largest absolute Gasteiger partial charge is 0.481 e. The summed E-state index contributed by atoms with van der Waals surface area (Å²) in [5.41, 5.74) is 1.07. The number of allylic oxidation sites excluding steroid dienone is 1. The van der Waals surface area contributed by atoms with Crippen molar-refractivity contribution in [2.24, 2.45) is 0 Å². The Morgan fingerprint density at radius 2 is 2.54 bits per heavy atom. The van der Waals surface area contributed by atoms with Crippen molar-refractivity contribution in [3.8, 4) is 0 Å². The third-order valence-electron chi connectivity index (χ3n) is 1.90. The molecule has 0 aliphatic carbocycles. The van der Waals surface area contributed by atoms with E-state index in [0.717, 1.165) is 12.2 Å². The second-order valence-corrected chi connectivity index (χ2v) is 2.94. The fraction of sp³-hybridized carbons (Fsp3) is 0.444. The first-order valence-corrected chi connectivity index (χ1v) is 4.23. The molecule has 0 fully saturated rings. The predicted octanol–water partition coefficient (Wildman–Crippen LogP) is 0.394. The van der Waals surface area contributed by atoms with Crippen molar-refractivity contribution in [2.45, 2.75) is 6.42 Å². The SMILES string of the molecule is CN(CCC(=O)O)C1=CCNC=C1. The first-order chi connectivity index (χ1) is 6.20. The number of carboxylic acid groups (broad SMARTS) is 1. The number of hydrogen-bond acceptors (Lipinski definition) is 3. The summed E-state index contributed by atoms with van der Waals surface area (Å²) in [6.45, 7) is 1.36. The molecule has 0 atom stereocenters. The number of rotatable bonds is 4. The fourth-order valence-electron chi connectivity index (χ4n) is 1.12. The maximum absolute atomic E-state index is 10.3. The van der Waals surface area contributed by atoms with Crippen molar-refractivity contribution >= 4 is 5.97 Å². The van der Waals surface area contributed by atoms with Crippen LogP contribution >= 0.6 is 0 Å². The highest BCUT2D eigenvalue weighted by atomic mass is 16.4. The first-order valence-electron chi connectivity index (χ1n) is 4.23. The minimum Gasteiger partial charge on any atom is -0.481 e. The van der Waals surface area contributed by atoms with Gasteiger partial charge in [-0.05, 0) is 18.4 Å². The highest BCUT2D eigenvalue weighted by molar-refractivity contribution is 5.66. The van der Waals surface area contributed by atoms with E-state index >= 15 is 0 Å². The Balaban J connectivity index is 2.38. The number of hydrogen-bond donors (Lipinski definition) is 2. The van der Waals surface area contributed by atoms with Crippen LogP contribution in [0.15, 0.2) is 24.0 Å². The number of carboxylic acids is 1. The summed E-state index contributed by atoms with van der Waals surface area (Å²) in [6, 6.07) is 0. The van der Waals surface area contributed by atoms with E-state index in [-0.39, 0.29) is 6.42 Å². The second-order valence-electron chi connectivity index (χ2n) is 2.94. The predicted molar refractivity (Wildman–Crippen MR) is 50.1 cm³/mol. The van der Waals surface area contributed by atoms with Crippen LogP contribution in [-0.4, -0.2) is 36.1 Å². The molecule has 4 heteroatoms. The Kier molecular flexibility index (Phi) is 3.37. The zero-order valence-electron chi connectivity index (χ0n) is 7.66. The molecule has 1 aliphatic rings. The molecule has 0 bridgehead atoms. The molecule has 0 aromatic carbocycles. The van der Waals surface area contributed by atoms with Gasteiger partial charge in [0.1, 0.15) is 0 Å². The van der Waals surface area contributed by atoms with Crippen LogP contribution in [-0.2, 0) is 4.79 Å². The van der Waals surface area contributed by atoms with Crippen molar-refractivity contribution < 1.29 is 9.90 Å². The molecular formula is C9H14N2O2. The molecule has 72 valence electrons. The Morgan fingerprint density at radius 3 is 3.08 bits per heavy atom. The monoisotopic (exact) mass is 182 g/mol. The fourth-order valence-corrected chi connectivity index (χ4v) is 1.12. The summed E-state index contributed by atoms with van der Waals surface area (Å²) in [6.07, 6.45) is 6.01. The van der Waals surface area contributed by atoms with Crippen LogP contribution in [0.5, 0.6) is 0 Å². The molecule has 13 heavy (non-hydrogen) atoms. The second kappa shape index (κ2) is 4.54. The average molecular weight is 182 g/mol. The zero-order chi connectivity index (χ0) is 9.68. The quantitative estimate of drug-likeness (QED) is 0.660. The van der Waals surface area contributed by atoms with E-state index in [4.69, 9.17) is 5.11 Å². The lowest BCUT2D eigenvalue weighted by Crippen LogP contribution is -2.23. The van der Waals surface area contributed by atoms with Gasteiger partial charge in [-0.25, -0.2) is 0 Å². The normalized spacial score (nSPS) is 14.7. The van der Waals surface area contributed by atoms with Crippen molar-refractivity contribution in [3.63, 3.8) is 0 Å². The van der Waals surface area contributed by atoms with Crippen LogP contribution in [0, 0.1) is 0 Å². The number of nitrogens with zero attached hydrogens (tertiary/aromatic N) is 1. The number of dihydropyridines is 1. The summed E-state index contributed by atoms with van der Waals surface area (Å²) >= 11 is 0. The Labute approximate surface area is 77.5 Å². The molecule has 0 saturated heterocycles. The van der Waals surface area contributed by atoms with Crippen LogP contribution in [0.3, 0.4) is 0 Å². The Bertz CT molecular complexity index is 246. The summed E-state index contributed by atoms with van der Waals surface area (Å²) in [7, 11) is 1.89. The smallest absolute Gasteiger partial charge is 0.305 e. The van der Waals surface area contributed by atoms with Gasteiger partial charge in [-0.3, -0.25) is 4.79 Å². The highest BCUT2D eigenvalue weighted by Crippen LogP contribution is 2.05. The number of carbonyl (C=O) groups is 1. The Morgan fingerprint density at radius 1 is 1.77 bits per heavy atom. The van der Waals surface area contributed by atoms with E-state index in [1.54, 1.807) is 0 Å². The zero-order valence-corrected chi connectivity index (χ0v) is 7.66. The molecule has 0 aromatic rings. The highest BCUT2D eigenvalue weighted by Gasteiger charge is 2.05. The van der Waals surface area contributed by atoms with Crippen LogP contribution in [0.25, 0.3) is 0 Å². The van der Waals surface area contributed by atoms with Crippen LogP contribution in [0.2, 0.25) is 0 Å². The third kappa shape index (κ3) is 3.19. The average Bonchev–Trinajstić information content (AvgIpc) is 2.15. The summed E-state index contributed by atoms with van der Waals surface area (Å²) in [5, 5.41) is 11.5. The molecule has 1 aliphatic heterocycles. The van der Waals surface area contributed by atoms with Gasteiger partial charge in [-0.1, -0.05) is 0 Å². The van der Waals surface area contributed by atoms with Crippen molar-refractivity contribution in [3.05, 3.63) is 24.0 Å². The van der Waals surface area contributed by atoms with Gasteiger partial charge in [-0.15, -0.1) is 0 Å². The van der Waals surface area contributed by atoms with E-state index < -0.39 is 5.97 Å². The molecule has 2 N–H and O–H groups in total. The molecule has 0 saturated carbocycles. The minimum absolute atomic E-state index is 0.176. The van der Waals surface area contributed by atoms with E-state index in [2.05, 4.69) is 5.32 Å². The van der Waals surface area contributed by atoms with Crippen molar-refractivity contribution in [1.82, 2.24) is 10.2 Å². The van der Waals surface area contributed by atoms with Gasteiger partial charge < -0.3 is 15.3 Å². The van der Waals surface area contributed by atoms with Crippen LogP contribution in [0.1, 0.15) is 6.42 Å². The molecule has 0 aromatic heterocycles. The van der Waals surface area contributed by atoms with Gasteiger partial charge in [0.05, 0.1) is 6.42 Å². The molecular weight excluding hydrogens is 168 g/mol. The van der Waals surface area contributed by atoms with Gasteiger partial charge >= 0.3 is 5.97 Å². The van der Waals surface area contributed by atoms with Crippen molar-refractivity contribution in [1.29, 1.82) is 0 Å². The number of nitrogens with one attached hydrogen (secondary N) is 1. The van der Waals surface area contributed by atoms with Crippen molar-refractivity contribution in [2.75, 3.05) is 20.1 Å². The Hall–Kier alpha value is -1.45. The van der Waals surface area contributed by atoms with Crippen LogP contribution in [0.4, 0.5) is 0 Å². The third-order valence-corrected chi connectivity index (χ3v) is 1.90. The van der Waals surface area contributed by atoms with Crippen LogP contribution < -0.4 is 5.32 Å². The topological polar surface area (TPSA) is 52.6 Å². The molecule has 0 spiro atoms. The van der Waals surface area contributed by atoms with E-state index in [1.165, 1.54) is 0 Å². The summed E-state index contributed by atoms with van der Waals surface area (Å²) in [5.74, 6) is -0.759. The molecule has 0 unspecified atom stereocenters. The van der Waals surface area contributed by atoms with Gasteiger partial charge in [-0.2, -0.15) is 0 Å². The first kappa shape index (κ1) is 9.64. The van der Waals surface area contributed by atoms with Gasteiger partial charge in [0.15, 0.2) is 0 Å². The molecule has 0 amide bonds. The van der Waals surface area contributed by atoms with Gasteiger partial charge in [0.2, 0.25) is 0 Å². The maximum atomic E-state index is 10.3. The van der Waals surface area contributed by atoms with Gasteiger partial charge in [0.25, 0.3) is 0 Å².